The summed E-state index contributed by atoms with van der Waals surface area (Å²) in [4.78, 5) is 0.831. The Kier molecular flexibility index (Phi) is 6.10. The van der Waals surface area contributed by atoms with Gasteiger partial charge in [0.05, 0.1) is 0 Å². The summed E-state index contributed by atoms with van der Waals surface area (Å²) >= 11 is 3.75. The van der Waals surface area contributed by atoms with Gasteiger partial charge in [-0.05, 0) is 18.8 Å². The van der Waals surface area contributed by atoms with Crippen LogP contribution in [0, 0.1) is 5.92 Å². The van der Waals surface area contributed by atoms with Crippen molar-refractivity contribution in [1.29, 1.82) is 0 Å². The van der Waals surface area contributed by atoms with Gasteiger partial charge < -0.3 is 0 Å². The van der Waals surface area contributed by atoms with Crippen molar-refractivity contribution in [3.8, 4) is 0 Å². The van der Waals surface area contributed by atoms with E-state index >= 15 is 0 Å². The van der Waals surface area contributed by atoms with E-state index in [-0.39, 0.29) is 0 Å². The first kappa shape index (κ1) is 11.6. The van der Waals surface area contributed by atoms with Crippen molar-refractivity contribution in [1.82, 2.24) is 0 Å². The van der Waals surface area contributed by atoms with Crippen LogP contribution in [0.25, 0.3) is 0 Å². The molecule has 0 heterocycles. The molecule has 0 amide bonds. The third-order valence-electron chi connectivity index (χ3n) is 3.18. The summed E-state index contributed by atoms with van der Waals surface area (Å²) in [5.74, 6) is 1.04. The Morgan fingerprint density at radius 1 is 1.15 bits per heavy atom. The maximum absolute atomic E-state index is 3.75. The molecule has 2 atom stereocenters. The van der Waals surface area contributed by atoms with E-state index in [1.54, 1.807) is 0 Å². The van der Waals surface area contributed by atoms with Crippen molar-refractivity contribution in [3.63, 3.8) is 0 Å². The van der Waals surface area contributed by atoms with Crippen LogP contribution in [0.15, 0.2) is 0 Å². The van der Waals surface area contributed by atoms with Crippen LogP contribution in [0.3, 0.4) is 0 Å². The highest BCUT2D eigenvalue weighted by Gasteiger charge is 2.18. The quantitative estimate of drug-likeness (QED) is 0.478. The molecule has 1 fully saturated rings. The van der Waals surface area contributed by atoms with Gasteiger partial charge in [0.15, 0.2) is 0 Å². The second-order valence-electron chi connectivity index (χ2n) is 4.48. The molecule has 1 aliphatic carbocycles. The van der Waals surface area contributed by atoms with Crippen LogP contribution in [0.1, 0.15) is 64.7 Å². The summed E-state index contributed by atoms with van der Waals surface area (Å²) in [5, 5.41) is 0. The third-order valence-corrected chi connectivity index (χ3v) is 4.02. The summed E-state index contributed by atoms with van der Waals surface area (Å²) in [6.45, 7) is 2.29. The Bertz CT molecular complexity index is 122. The molecule has 1 rings (SSSR count). The predicted molar refractivity (Wildman–Crippen MR) is 63.4 cm³/mol. The molecule has 78 valence electrons. The highest BCUT2D eigenvalue weighted by Crippen LogP contribution is 2.32. The standard InChI is InChI=1S/C12H23Br/c1-2-3-4-5-7-11-8-6-9-12(13)10-11/h11-12H,2-10H2,1H3. The van der Waals surface area contributed by atoms with Crippen molar-refractivity contribution < 1.29 is 0 Å². The number of unbranched alkanes of at least 4 members (excludes halogenated alkanes) is 3. The van der Waals surface area contributed by atoms with Gasteiger partial charge >= 0.3 is 0 Å². The molecular formula is C12H23Br. The minimum Gasteiger partial charge on any atom is -0.0891 e. The van der Waals surface area contributed by atoms with E-state index in [0.29, 0.717) is 0 Å². The normalized spacial score (nSPS) is 29.1. The smallest absolute Gasteiger partial charge is 0.0148 e. The molecule has 0 spiro atoms. The van der Waals surface area contributed by atoms with E-state index in [1.165, 1.54) is 57.8 Å². The Balaban J connectivity index is 2.00. The van der Waals surface area contributed by atoms with E-state index < -0.39 is 0 Å². The fraction of sp³-hybridized carbons (Fsp3) is 1.00. The zero-order valence-corrected chi connectivity index (χ0v) is 10.5. The first-order chi connectivity index (χ1) is 6.33. The Morgan fingerprint density at radius 2 is 2.00 bits per heavy atom. The zero-order valence-electron chi connectivity index (χ0n) is 8.90. The van der Waals surface area contributed by atoms with Gasteiger partial charge in [0.2, 0.25) is 0 Å². The molecule has 13 heavy (non-hydrogen) atoms. The average molecular weight is 247 g/mol. The first-order valence-electron chi connectivity index (χ1n) is 5.97. The molecule has 2 unspecified atom stereocenters. The van der Waals surface area contributed by atoms with Crippen LogP contribution in [-0.2, 0) is 0 Å². The van der Waals surface area contributed by atoms with Crippen LogP contribution < -0.4 is 0 Å². The summed E-state index contributed by atoms with van der Waals surface area (Å²) in [7, 11) is 0. The highest BCUT2D eigenvalue weighted by atomic mass is 79.9. The number of hydrogen-bond donors (Lipinski definition) is 0. The lowest BCUT2D eigenvalue weighted by Crippen LogP contribution is -2.14. The van der Waals surface area contributed by atoms with Gasteiger partial charge in [-0.2, -0.15) is 0 Å². The average Bonchev–Trinajstić information content (AvgIpc) is 2.13. The largest absolute Gasteiger partial charge is 0.0891 e. The van der Waals surface area contributed by atoms with E-state index in [4.69, 9.17) is 0 Å². The molecular weight excluding hydrogens is 224 g/mol. The molecule has 0 aromatic rings. The monoisotopic (exact) mass is 246 g/mol. The van der Waals surface area contributed by atoms with Crippen molar-refractivity contribution >= 4 is 15.9 Å². The minimum atomic E-state index is 0.831. The molecule has 0 aliphatic heterocycles. The Hall–Kier alpha value is 0.480. The van der Waals surface area contributed by atoms with E-state index in [0.717, 1.165) is 10.7 Å². The maximum Gasteiger partial charge on any atom is 0.0148 e. The van der Waals surface area contributed by atoms with Crippen LogP contribution >= 0.6 is 15.9 Å². The lowest BCUT2D eigenvalue weighted by Gasteiger charge is -2.25. The van der Waals surface area contributed by atoms with Crippen LogP contribution in [0.4, 0.5) is 0 Å². The number of halogens is 1. The molecule has 1 aliphatic rings. The second-order valence-corrected chi connectivity index (χ2v) is 5.77. The summed E-state index contributed by atoms with van der Waals surface area (Å²) in [6, 6.07) is 0. The molecule has 0 radical (unpaired) electrons. The summed E-state index contributed by atoms with van der Waals surface area (Å²) < 4.78 is 0. The number of alkyl halides is 1. The Morgan fingerprint density at radius 3 is 2.69 bits per heavy atom. The topological polar surface area (TPSA) is 0 Å². The molecule has 1 saturated carbocycles. The van der Waals surface area contributed by atoms with Crippen molar-refractivity contribution in [2.75, 3.05) is 0 Å². The highest BCUT2D eigenvalue weighted by molar-refractivity contribution is 9.09. The second kappa shape index (κ2) is 6.86. The number of rotatable bonds is 5. The third kappa shape index (κ3) is 5.05. The SMILES string of the molecule is CCCCCCC1CCCC(Br)C1. The van der Waals surface area contributed by atoms with Gasteiger partial charge in [0.1, 0.15) is 0 Å². The van der Waals surface area contributed by atoms with Crippen molar-refractivity contribution in [2.24, 2.45) is 5.92 Å². The van der Waals surface area contributed by atoms with Crippen LogP contribution in [-0.4, -0.2) is 4.83 Å². The van der Waals surface area contributed by atoms with E-state index in [9.17, 15) is 0 Å². The summed E-state index contributed by atoms with van der Waals surface area (Å²) in [5.41, 5.74) is 0. The molecule has 1 heteroatoms. The molecule has 0 aromatic carbocycles. The molecule has 0 N–H and O–H groups in total. The molecule has 0 bridgehead atoms. The fourth-order valence-corrected chi connectivity index (χ4v) is 3.20. The van der Waals surface area contributed by atoms with Crippen molar-refractivity contribution in [2.45, 2.75) is 69.5 Å². The maximum atomic E-state index is 3.75. The van der Waals surface area contributed by atoms with Crippen LogP contribution in [0.5, 0.6) is 0 Å². The molecule has 0 saturated heterocycles. The summed E-state index contributed by atoms with van der Waals surface area (Å²) in [6.07, 6.45) is 13.0. The number of hydrogen-bond acceptors (Lipinski definition) is 0. The lowest BCUT2D eigenvalue weighted by molar-refractivity contribution is 0.338. The van der Waals surface area contributed by atoms with Gasteiger partial charge in [-0.15, -0.1) is 0 Å². The van der Waals surface area contributed by atoms with E-state index in [2.05, 4.69) is 22.9 Å². The van der Waals surface area contributed by atoms with Gasteiger partial charge in [-0.3, -0.25) is 0 Å². The van der Waals surface area contributed by atoms with Gasteiger partial charge in [-0.25, -0.2) is 0 Å². The molecule has 0 nitrogen and oxygen atoms in total. The van der Waals surface area contributed by atoms with E-state index in [1.807, 2.05) is 0 Å². The molecule has 0 aromatic heterocycles. The van der Waals surface area contributed by atoms with Gasteiger partial charge in [0, 0.05) is 4.83 Å². The fourth-order valence-electron chi connectivity index (χ4n) is 2.35. The van der Waals surface area contributed by atoms with Gasteiger partial charge in [0.25, 0.3) is 0 Å². The minimum absolute atomic E-state index is 0.831. The van der Waals surface area contributed by atoms with Crippen LogP contribution in [0.2, 0.25) is 0 Å². The van der Waals surface area contributed by atoms with Gasteiger partial charge in [-0.1, -0.05) is 67.8 Å². The Labute approximate surface area is 91.6 Å². The first-order valence-corrected chi connectivity index (χ1v) is 6.88. The zero-order chi connectivity index (χ0) is 9.52. The van der Waals surface area contributed by atoms with Crippen molar-refractivity contribution in [3.05, 3.63) is 0 Å². The lowest BCUT2D eigenvalue weighted by atomic mass is 9.85. The predicted octanol–water partition coefficient (Wildman–Crippen LogP) is 4.91.